The first-order valence-corrected chi connectivity index (χ1v) is 4.69. The van der Waals surface area contributed by atoms with Crippen LogP contribution in [0.1, 0.15) is 18.5 Å². The van der Waals surface area contributed by atoms with Crippen LogP contribution in [-0.4, -0.2) is 16.2 Å². The van der Waals surface area contributed by atoms with E-state index in [1.54, 1.807) is 6.92 Å². The maximum atomic E-state index is 9.36. The van der Waals surface area contributed by atoms with E-state index < -0.39 is 6.10 Å². The van der Waals surface area contributed by atoms with E-state index in [1.807, 2.05) is 30.5 Å². The lowest BCUT2D eigenvalue weighted by molar-refractivity contribution is 0.164. The van der Waals surface area contributed by atoms with Crippen molar-refractivity contribution in [1.29, 1.82) is 0 Å². The number of aromatic nitrogens is 1. The van der Waals surface area contributed by atoms with Crippen molar-refractivity contribution in [3.05, 3.63) is 36.0 Å². The molecule has 0 radical (unpaired) electrons. The molecule has 0 saturated heterocycles. The molecular weight excluding hydrogens is 176 g/mol. The van der Waals surface area contributed by atoms with E-state index in [2.05, 4.69) is 4.98 Å². The van der Waals surface area contributed by atoms with Crippen LogP contribution in [0.5, 0.6) is 0 Å². The smallest absolute Gasteiger partial charge is 0.0704 e. The number of nitrogens with two attached hydrogens (primary N) is 1. The topological polar surface area (TPSA) is 62.0 Å². The fourth-order valence-corrected chi connectivity index (χ4v) is 1.55. The quantitative estimate of drug-likeness (QED) is 0.672. The van der Waals surface area contributed by atoms with Crippen LogP contribution in [0.2, 0.25) is 0 Å². The number of H-pyrrole nitrogens is 1. The first kappa shape index (κ1) is 9.24. The van der Waals surface area contributed by atoms with E-state index in [0.29, 0.717) is 0 Å². The number of benzene rings is 1. The van der Waals surface area contributed by atoms with Gasteiger partial charge in [0.1, 0.15) is 0 Å². The van der Waals surface area contributed by atoms with Gasteiger partial charge in [-0.05, 0) is 30.0 Å². The van der Waals surface area contributed by atoms with Crippen molar-refractivity contribution in [3.63, 3.8) is 0 Å². The molecule has 0 saturated carbocycles. The second kappa shape index (κ2) is 3.44. The van der Waals surface area contributed by atoms with Gasteiger partial charge in [0.2, 0.25) is 0 Å². The molecule has 0 aliphatic carbocycles. The number of aliphatic hydroxyl groups is 1. The lowest BCUT2D eigenvalue weighted by Gasteiger charge is -2.14. The zero-order valence-corrected chi connectivity index (χ0v) is 8.07. The Morgan fingerprint density at radius 2 is 2.14 bits per heavy atom. The first-order valence-electron chi connectivity index (χ1n) is 4.69. The maximum absolute atomic E-state index is 9.36. The second-order valence-corrected chi connectivity index (χ2v) is 3.59. The number of aliphatic hydroxyl groups excluding tert-OH is 1. The largest absolute Gasteiger partial charge is 0.391 e. The maximum Gasteiger partial charge on any atom is 0.0704 e. The minimum absolute atomic E-state index is 0.317. The lowest BCUT2D eigenvalue weighted by atomic mass is 10.0. The van der Waals surface area contributed by atoms with Crippen molar-refractivity contribution in [2.75, 3.05) is 0 Å². The van der Waals surface area contributed by atoms with Gasteiger partial charge in [0, 0.05) is 11.7 Å². The minimum Gasteiger partial charge on any atom is -0.391 e. The van der Waals surface area contributed by atoms with Crippen molar-refractivity contribution in [2.24, 2.45) is 5.73 Å². The summed E-state index contributed by atoms with van der Waals surface area (Å²) in [6.07, 6.45) is 1.37. The highest BCUT2D eigenvalue weighted by atomic mass is 16.3. The highest BCUT2D eigenvalue weighted by molar-refractivity contribution is 5.79. The standard InChI is InChI=1S/C11H14N2O/c1-7(14)11(12)9-3-2-8-4-5-13-10(8)6-9/h2-7,11,13-14H,12H2,1H3/t7-,11-/m0/s1. The predicted molar refractivity (Wildman–Crippen MR) is 56.9 cm³/mol. The predicted octanol–water partition coefficient (Wildman–Crippen LogP) is 1.55. The molecule has 0 aliphatic heterocycles. The summed E-state index contributed by atoms with van der Waals surface area (Å²) in [5.74, 6) is 0. The van der Waals surface area contributed by atoms with Crippen molar-refractivity contribution in [3.8, 4) is 0 Å². The summed E-state index contributed by atoms with van der Waals surface area (Å²) in [5.41, 5.74) is 7.84. The van der Waals surface area contributed by atoms with Crippen LogP contribution in [-0.2, 0) is 0 Å². The number of rotatable bonds is 2. The van der Waals surface area contributed by atoms with Crippen LogP contribution in [0.25, 0.3) is 10.9 Å². The molecule has 0 bridgehead atoms. The molecule has 1 aromatic carbocycles. The molecule has 2 atom stereocenters. The molecule has 0 fully saturated rings. The molecular formula is C11H14N2O. The van der Waals surface area contributed by atoms with Crippen LogP contribution < -0.4 is 5.73 Å². The summed E-state index contributed by atoms with van der Waals surface area (Å²) in [5, 5.41) is 10.5. The molecule has 1 heterocycles. The third kappa shape index (κ3) is 1.52. The Morgan fingerprint density at radius 1 is 1.36 bits per heavy atom. The van der Waals surface area contributed by atoms with Crippen molar-refractivity contribution in [1.82, 2.24) is 4.98 Å². The molecule has 0 spiro atoms. The number of hydrogen-bond acceptors (Lipinski definition) is 2. The van der Waals surface area contributed by atoms with Gasteiger partial charge >= 0.3 is 0 Å². The molecule has 3 heteroatoms. The third-order valence-electron chi connectivity index (χ3n) is 2.48. The van der Waals surface area contributed by atoms with Crippen molar-refractivity contribution < 1.29 is 5.11 Å². The van der Waals surface area contributed by atoms with Gasteiger partial charge in [0.15, 0.2) is 0 Å². The van der Waals surface area contributed by atoms with Crippen LogP contribution in [0.3, 0.4) is 0 Å². The molecule has 0 amide bonds. The number of aromatic amines is 1. The Hall–Kier alpha value is -1.32. The van der Waals surface area contributed by atoms with E-state index in [4.69, 9.17) is 5.73 Å². The normalized spacial score (nSPS) is 15.6. The molecule has 2 aromatic rings. The third-order valence-corrected chi connectivity index (χ3v) is 2.48. The van der Waals surface area contributed by atoms with Crippen LogP contribution in [0.4, 0.5) is 0 Å². The Kier molecular flexibility index (Phi) is 2.27. The first-order chi connectivity index (χ1) is 6.68. The van der Waals surface area contributed by atoms with E-state index in [0.717, 1.165) is 16.5 Å². The molecule has 14 heavy (non-hydrogen) atoms. The van der Waals surface area contributed by atoms with E-state index >= 15 is 0 Å². The molecule has 2 rings (SSSR count). The van der Waals surface area contributed by atoms with Crippen LogP contribution >= 0.6 is 0 Å². The van der Waals surface area contributed by atoms with Crippen LogP contribution in [0, 0.1) is 0 Å². The van der Waals surface area contributed by atoms with Crippen molar-refractivity contribution >= 4 is 10.9 Å². The second-order valence-electron chi connectivity index (χ2n) is 3.59. The SMILES string of the molecule is C[C@H](O)[C@H](N)c1ccc2cc[nH]c2c1. The van der Waals surface area contributed by atoms with Gasteiger partial charge in [-0.15, -0.1) is 0 Å². The number of hydrogen-bond donors (Lipinski definition) is 3. The van der Waals surface area contributed by atoms with Gasteiger partial charge in [-0.1, -0.05) is 12.1 Å². The monoisotopic (exact) mass is 190 g/mol. The Morgan fingerprint density at radius 3 is 2.86 bits per heavy atom. The zero-order valence-electron chi connectivity index (χ0n) is 8.07. The molecule has 3 nitrogen and oxygen atoms in total. The van der Waals surface area contributed by atoms with E-state index in [1.165, 1.54) is 0 Å². The summed E-state index contributed by atoms with van der Waals surface area (Å²) in [6, 6.07) is 7.62. The van der Waals surface area contributed by atoms with Gasteiger partial charge in [0.05, 0.1) is 12.1 Å². The number of fused-ring (bicyclic) bond motifs is 1. The zero-order chi connectivity index (χ0) is 10.1. The summed E-state index contributed by atoms with van der Waals surface area (Å²) in [6.45, 7) is 1.70. The highest BCUT2D eigenvalue weighted by Gasteiger charge is 2.11. The molecule has 74 valence electrons. The fraction of sp³-hybridized carbons (Fsp3) is 0.273. The molecule has 4 N–H and O–H groups in total. The van der Waals surface area contributed by atoms with Gasteiger partial charge < -0.3 is 15.8 Å². The van der Waals surface area contributed by atoms with Gasteiger partial charge in [-0.2, -0.15) is 0 Å². The summed E-state index contributed by atoms with van der Waals surface area (Å²) < 4.78 is 0. The lowest BCUT2D eigenvalue weighted by Crippen LogP contribution is -2.22. The Bertz CT molecular complexity index is 434. The molecule has 0 aliphatic rings. The fourth-order valence-electron chi connectivity index (χ4n) is 1.55. The highest BCUT2D eigenvalue weighted by Crippen LogP contribution is 2.19. The minimum atomic E-state index is -0.526. The summed E-state index contributed by atoms with van der Waals surface area (Å²) in [4.78, 5) is 3.12. The average molecular weight is 190 g/mol. The number of nitrogens with one attached hydrogen (secondary N) is 1. The summed E-state index contributed by atoms with van der Waals surface area (Å²) >= 11 is 0. The van der Waals surface area contributed by atoms with Crippen molar-refractivity contribution in [2.45, 2.75) is 19.1 Å². The molecule has 0 unspecified atom stereocenters. The van der Waals surface area contributed by atoms with Crippen LogP contribution in [0.15, 0.2) is 30.5 Å². The Labute approximate surface area is 82.6 Å². The summed E-state index contributed by atoms with van der Waals surface area (Å²) in [7, 11) is 0. The average Bonchev–Trinajstić information content (AvgIpc) is 2.62. The van der Waals surface area contributed by atoms with E-state index in [9.17, 15) is 5.11 Å². The van der Waals surface area contributed by atoms with Gasteiger partial charge in [-0.3, -0.25) is 0 Å². The van der Waals surface area contributed by atoms with Gasteiger partial charge in [-0.25, -0.2) is 0 Å². The van der Waals surface area contributed by atoms with Gasteiger partial charge in [0.25, 0.3) is 0 Å². The Balaban J connectivity index is 2.43. The van der Waals surface area contributed by atoms with E-state index in [-0.39, 0.29) is 6.04 Å². The molecule has 1 aromatic heterocycles.